The van der Waals surface area contributed by atoms with Crippen LogP contribution in [0.3, 0.4) is 0 Å². The smallest absolute Gasteiger partial charge is 0.243 e. The Balaban J connectivity index is 1.65. The van der Waals surface area contributed by atoms with Crippen LogP contribution in [-0.2, 0) is 29.0 Å². The lowest BCUT2D eigenvalue weighted by atomic mass is 10.0. The molecule has 1 atom stereocenters. The monoisotopic (exact) mass is 454 g/mol. The van der Waals surface area contributed by atoms with E-state index < -0.39 is 6.04 Å². The van der Waals surface area contributed by atoms with E-state index in [1.807, 2.05) is 85.8 Å². The van der Waals surface area contributed by atoms with Gasteiger partial charge in [0.1, 0.15) is 6.04 Å². The number of nitrogens with zero attached hydrogens (tertiary/aromatic N) is 1. The highest BCUT2D eigenvalue weighted by atomic mass is 16.2. The number of aryl methyl sites for hydroxylation is 1. The van der Waals surface area contributed by atoms with Crippen molar-refractivity contribution in [2.75, 3.05) is 0 Å². The van der Waals surface area contributed by atoms with Gasteiger partial charge in [0.05, 0.1) is 6.42 Å². The van der Waals surface area contributed by atoms with E-state index in [2.05, 4.69) is 11.4 Å². The third-order valence-electron chi connectivity index (χ3n) is 6.61. The van der Waals surface area contributed by atoms with Crippen LogP contribution < -0.4 is 5.32 Å². The van der Waals surface area contributed by atoms with Crippen molar-refractivity contribution in [2.45, 2.75) is 64.1 Å². The molecule has 4 rings (SSSR count). The zero-order chi connectivity index (χ0) is 23.8. The summed E-state index contributed by atoms with van der Waals surface area (Å²) < 4.78 is 0. The van der Waals surface area contributed by atoms with E-state index in [0.717, 1.165) is 47.9 Å². The number of hydrogen-bond donors (Lipinski definition) is 1. The molecular weight excluding hydrogens is 420 g/mol. The van der Waals surface area contributed by atoms with Crippen molar-refractivity contribution in [1.29, 1.82) is 0 Å². The summed E-state index contributed by atoms with van der Waals surface area (Å²) in [6, 6.07) is 27.6. The Kier molecular flexibility index (Phi) is 8.13. The maximum Gasteiger partial charge on any atom is 0.243 e. The Morgan fingerprint density at radius 1 is 0.853 bits per heavy atom. The summed E-state index contributed by atoms with van der Waals surface area (Å²) in [7, 11) is 0. The standard InChI is InChI=1S/C30H34N2O2/c1-23-11-10-16-26(19-23)22-32(29(33)21-25-14-6-3-7-15-25)28(20-24-12-4-2-5-13-24)30(34)31-27-17-8-9-18-27/h2-7,10-16,19,27-28H,8-9,17-18,20-22H2,1H3,(H,31,34)/t28-/m0/s1. The first-order chi connectivity index (χ1) is 16.6. The molecule has 0 bridgehead atoms. The van der Waals surface area contributed by atoms with Crippen LogP contribution >= 0.6 is 0 Å². The first-order valence-corrected chi connectivity index (χ1v) is 12.3. The molecule has 0 aromatic heterocycles. The first kappa shape index (κ1) is 23.7. The summed E-state index contributed by atoms with van der Waals surface area (Å²) in [6.45, 7) is 2.46. The summed E-state index contributed by atoms with van der Waals surface area (Å²) in [4.78, 5) is 29.2. The zero-order valence-corrected chi connectivity index (χ0v) is 20.0. The van der Waals surface area contributed by atoms with Gasteiger partial charge >= 0.3 is 0 Å². The molecule has 3 aromatic rings. The van der Waals surface area contributed by atoms with Gasteiger partial charge < -0.3 is 10.2 Å². The van der Waals surface area contributed by atoms with Gasteiger partial charge in [0.2, 0.25) is 11.8 Å². The fraction of sp³-hybridized carbons (Fsp3) is 0.333. The Hall–Kier alpha value is -3.40. The third-order valence-corrected chi connectivity index (χ3v) is 6.61. The number of nitrogens with one attached hydrogen (secondary N) is 1. The SMILES string of the molecule is Cc1cccc(CN(C(=O)Cc2ccccc2)[C@@H](Cc2ccccc2)C(=O)NC2CCCC2)c1. The van der Waals surface area contributed by atoms with Crippen molar-refractivity contribution in [3.63, 3.8) is 0 Å². The summed E-state index contributed by atoms with van der Waals surface area (Å²) in [5.74, 6) is -0.0833. The quantitative estimate of drug-likeness (QED) is 0.481. The fourth-order valence-corrected chi connectivity index (χ4v) is 4.80. The molecule has 0 saturated heterocycles. The average Bonchev–Trinajstić information content (AvgIpc) is 3.35. The molecule has 1 aliphatic carbocycles. The number of amides is 2. The van der Waals surface area contributed by atoms with E-state index in [1.54, 1.807) is 4.90 Å². The predicted molar refractivity (Wildman–Crippen MR) is 136 cm³/mol. The zero-order valence-electron chi connectivity index (χ0n) is 20.0. The topological polar surface area (TPSA) is 49.4 Å². The largest absolute Gasteiger partial charge is 0.352 e. The van der Waals surface area contributed by atoms with E-state index in [1.165, 1.54) is 0 Å². The molecule has 1 aliphatic rings. The lowest BCUT2D eigenvalue weighted by Crippen LogP contribution is -2.52. The van der Waals surface area contributed by atoms with Crippen LogP contribution in [0, 0.1) is 6.92 Å². The van der Waals surface area contributed by atoms with Gasteiger partial charge in [0, 0.05) is 19.0 Å². The van der Waals surface area contributed by atoms with Crippen molar-refractivity contribution in [3.05, 3.63) is 107 Å². The number of hydrogen-bond acceptors (Lipinski definition) is 2. The molecule has 1 saturated carbocycles. The van der Waals surface area contributed by atoms with Gasteiger partial charge in [-0.15, -0.1) is 0 Å². The van der Waals surface area contributed by atoms with Gasteiger partial charge in [-0.25, -0.2) is 0 Å². The Labute approximate surface area is 203 Å². The average molecular weight is 455 g/mol. The molecule has 1 fully saturated rings. The second-order valence-corrected chi connectivity index (χ2v) is 9.37. The first-order valence-electron chi connectivity index (χ1n) is 12.3. The molecule has 3 aromatic carbocycles. The third kappa shape index (κ3) is 6.57. The summed E-state index contributed by atoms with van der Waals surface area (Å²) in [5, 5.41) is 3.26. The molecule has 0 heterocycles. The predicted octanol–water partition coefficient (Wildman–Crippen LogP) is 5.24. The molecule has 34 heavy (non-hydrogen) atoms. The minimum Gasteiger partial charge on any atom is -0.352 e. The second kappa shape index (κ2) is 11.6. The van der Waals surface area contributed by atoms with E-state index >= 15 is 0 Å². The van der Waals surface area contributed by atoms with Crippen molar-refractivity contribution in [3.8, 4) is 0 Å². The normalized spacial score (nSPS) is 14.5. The van der Waals surface area contributed by atoms with Crippen molar-refractivity contribution in [1.82, 2.24) is 10.2 Å². The van der Waals surface area contributed by atoms with Gasteiger partial charge in [0.25, 0.3) is 0 Å². The molecule has 0 spiro atoms. The maximum atomic E-state index is 13.7. The Morgan fingerprint density at radius 3 is 2.12 bits per heavy atom. The molecule has 4 nitrogen and oxygen atoms in total. The second-order valence-electron chi connectivity index (χ2n) is 9.37. The minimum atomic E-state index is -0.570. The van der Waals surface area contributed by atoms with E-state index in [9.17, 15) is 9.59 Å². The van der Waals surface area contributed by atoms with Crippen LogP contribution in [0.2, 0.25) is 0 Å². The highest BCUT2D eigenvalue weighted by Crippen LogP contribution is 2.21. The molecule has 1 N–H and O–H groups in total. The number of carbonyl (C=O) groups is 2. The fourth-order valence-electron chi connectivity index (χ4n) is 4.80. The van der Waals surface area contributed by atoms with Crippen LogP contribution in [0.4, 0.5) is 0 Å². The van der Waals surface area contributed by atoms with Crippen molar-refractivity contribution < 1.29 is 9.59 Å². The summed E-state index contributed by atoms with van der Waals surface area (Å²) in [6.07, 6.45) is 5.09. The van der Waals surface area contributed by atoms with E-state index in [-0.39, 0.29) is 24.3 Å². The maximum absolute atomic E-state index is 13.7. The molecule has 0 radical (unpaired) electrons. The molecule has 4 heteroatoms. The molecule has 2 amide bonds. The van der Waals surface area contributed by atoms with Gasteiger partial charge in [-0.05, 0) is 36.5 Å². The van der Waals surface area contributed by atoms with E-state index in [4.69, 9.17) is 0 Å². The van der Waals surface area contributed by atoms with Crippen molar-refractivity contribution in [2.24, 2.45) is 0 Å². The Morgan fingerprint density at radius 2 is 1.47 bits per heavy atom. The summed E-state index contributed by atoms with van der Waals surface area (Å²) >= 11 is 0. The van der Waals surface area contributed by atoms with Gasteiger partial charge in [-0.2, -0.15) is 0 Å². The lowest BCUT2D eigenvalue weighted by molar-refractivity contribution is -0.141. The minimum absolute atomic E-state index is 0.0322. The molecule has 176 valence electrons. The van der Waals surface area contributed by atoms with Crippen LogP contribution in [-0.4, -0.2) is 28.8 Å². The van der Waals surface area contributed by atoms with E-state index in [0.29, 0.717) is 13.0 Å². The number of carbonyl (C=O) groups excluding carboxylic acids is 2. The van der Waals surface area contributed by atoms with Gasteiger partial charge in [0.15, 0.2) is 0 Å². The molecular formula is C30H34N2O2. The van der Waals surface area contributed by atoms with Crippen molar-refractivity contribution >= 4 is 11.8 Å². The summed E-state index contributed by atoms with van der Waals surface area (Å²) in [5.41, 5.74) is 4.18. The van der Waals surface area contributed by atoms with Crippen LogP contribution in [0.5, 0.6) is 0 Å². The molecule has 0 aliphatic heterocycles. The van der Waals surface area contributed by atoms with Crippen LogP contribution in [0.25, 0.3) is 0 Å². The van der Waals surface area contributed by atoms with Crippen LogP contribution in [0.1, 0.15) is 47.9 Å². The lowest BCUT2D eigenvalue weighted by Gasteiger charge is -2.32. The van der Waals surface area contributed by atoms with Gasteiger partial charge in [-0.1, -0.05) is 103 Å². The molecule has 0 unspecified atom stereocenters. The number of rotatable bonds is 9. The highest BCUT2D eigenvalue weighted by Gasteiger charge is 2.32. The Bertz CT molecular complexity index is 1080. The highest BCUT2D eigenvalue weighted by molar-refractivity contribution is 5.89. The number of benzene rings is 3. The van der Waals surface area contributed by atoms with Gasteiger partial charge in [-0.3, -0.25) is 9.59 Å². The van der Waals surface area contributed by atoms with Crippen LogP contribution in [0.15, 0.2) is 84.9 Å².